The van der Waals surface area contributed by atoms with E-state index in [1.807, 2.05) is 0 Å². The third-order valence-electron chi connectivity index (χ3n) is 3.10. The van der Waals surface area contributed by atoms with Gasteiger partial charge in [-0.3, -0.25) is 0 Å². The number of sulfonamides is 1. The van der Waals surface area contributed by atoms with E-state index in [0.717, 1.165) is 4.31 Å². The highest BCUT2D eigenvalue weighted by Crippen LogP contribution is 2.23. The van der Waals surface area contributed by atoms with E-state index in [4.69, 9.17) is 9.84 Å². The van der Waals surface area contributed by atoms with Gasteiger partial charge in [-0.05, 0) is 19.3 Å². The van der Waals surface area contributed by atoms with Crippen LogP contribution in [0.2, 0.25) is 0 Å². The van der Waals surface area contributed by atoms with Gasteiger partial charge in [0.25, 0.3) is 0 Å². The van der Waals surface area contributed by atoms with Crippen LogP contribution in [0.4, 0.5) is 13.2 Å². The fraction of sp³-hybridized carbons (Fsp3) is 0.909. The molecule has 0 bridgehead atoms. The lowest BCUT2D eigenvalue weighted by Crippen LogP contribution is -2.42. The Morgan fingerprint density at radius 3 is 2.33 bits per heavy atom. The standard InChI is InChI=1S/C11H18F3NO5S/c12-11(13,14)4-1-7-21(18,19)15-5-2-9(3-6-15)20-8-10(16)17/h9H,1-8H2,(H,16,17). The lowest BCUT2D eigenvalue weighted by molar-refractivity contribution is -0.145. The van der Waals surface area contributed by atoms with Crippen LogP contribution in [0.25, 0.3) is 0 Å². The summed E-state index contributed by atoms with van der Waals surface area (Å²) < 4.78 is 65.9. The van der Waals surface area contributed by atoms with E-state index < -0.39 is 47.4 Å². The van der Waals surface area contributed by atoms with Crippen LogP contribution in [0.1, 0.15) is 25.7 Å². The molecule has 0 atom stereocenters. The summed E-state index contributed by atoms with van der Waals surface area (Å²) in [7, 11) is -3.70. The zero-order valence-corrected chi connectivity index (χ0v) is 12.1. The summed E-state index contributed by atoms with van der Waals surface area (Å²) in [6, 6.07) is 0. The molecule has 0 radical (unpaired) electrons. The van der Waals surface area contributed by atoms with Gasteiger partial charge in [0.05, 0.1) is 11.9 Å². The molecule has 1 aliphatic heterocycles. The summed E-state index contributed by atoms with van der Waals surface area (Å²) in [5.74, 6) is -1.63. The lowest BCUT2D eigenvalue weighted by atomic mass is 10.1. The van der Waals surface area contributed by atoms with Gasteiger partial charge in [-0.15, -0.1) is 0 Å². The molecule has 1 rings (SSSR count). The smallest absolute Gasteiger partial charge is 0.389 e. The van der Waals surface area contributed by atoms with Crippen molar-refractivity contribution in [2.45, 2.75) is 38.0 Å². The van der Waals surface area contributed by atoms with Crippen LogP contribution in [0.3, 0.4) is 0 Å². The molecule has 0 amide bonds. The normalized spacial score (nSPS) is 18.8. The number of carbonyl (C=O) groups is 1. The summed E-state index contributed by atoms with van der Waals surface area (Å²) in [5.41, 5.74) is 0. The third-order valence-corrected chi connectivity index (χ3v) is 5.06. The van der Waals surface area contributed by atoms with E-state index in [9.17, 15) is 26.4 Å². The number of ether oxygens (including phenoxy) is 1. The molecule has 0 unspecified atom stereocenters. The van der Waals surface area contributed by atoms with Crippen molar-refractivity contribution in [3.05, 3.63) is 0 Å². The Labute approximate surface area is 120 Å². The van der Waals surface area contributed by atoms with Crippen molar-refractivity contribution in [1.29, 1.82) is 0 Å². The molecule has 21 heavy (non-hydrogen) atoms. The molecule has 1 fully saturated rings. The molecular formula is C11H18F3NO5S. The lowest BCUT2D eigenvalue weighted by Gasteiger charge is -2.30. The predicted molar refractivity (Wildman–Crippen MR) is 67.3 cm³/mol. The zero-order chi connectivity index (χ0) is 16.1. The molecule has 10 heteroatoms. The first-order chi connectivity index (χ1) is 9.60. The highest BCUT2D eigenvalue weighted by molar-refractivity contribution is 7.89. The van der Waals surface area contributed by atoms with Crippen molar-refractivity contribution in [2.24, 2.45) is 0 Å². The molecule has 1 saturated heterocycles. The molecule has 0 aromatic rings. The molecule has 6 nitrogen and oxygen atoms in total. The van der Waals surface area contributed by atoms with E-state index in [1.165, 1.54) is 0 Å². The van der Waals surface area contributed by atoms with Gasteiger partial charge in [0.1, 0.15) is 6.61 Å². The second-order valence-corrected chi connectivity index (χ2v) is 6.93. The number of halogens is 3. The molecular weight excluding hydrogens is 315 g/mol. The van der Waals surface area contributed by atoms with Crippen LogP contribution in [0, 0.1) is 0 Å². The number of nitrogens with zero attached hydrogens (tertiary/aromatic N) is 1. The maximum Gasteiger partial charge on any atom is 0.389 e. The molecule has 1 aliphatic rings. The van der Waals surface area contributed by atoms with Gasteiger partial charge in [0, 0.05) is 19.5 Å². The molecule has 0 spiro atoms. The number of piperidine rings is 1. The minimum absolute atomic E-state index is 0.138. The fourth-order valence-corrected chi connectivity index (χ4v) is 3.58. The third kappa shape index (κ3) is 7.09. The largest absolute Gasteiger partial charge is 0.480 e. The topological polar surface area (TPSA) is 83.9 Å². The van der Waals surface area contributed by atoms with Crippen molar-refractivity contribution >= 4 is 16.0 Å². The highest BCUT2D eigenvalue weighted by Gasteiger charge is 2.31. The molecule has 0 aromatic heterocycles. The first kappa shape index (κ1) is 18.2. The number of aliphatic carboxylic acids is 1. The Bertz CT molecular complexity index is 443. The average molecular weight is 333 g/mol. The van der Waals surface area contributed by atoms with Gasteiger partial charge < -0.3 is 9.84 Å². The SMILES string of the molecule is O=C(O)COC1CCN(S(=O)(=O)CCCC(F)(F)F)CC1. The molecule has 1 N–H and O–H groups in total. The summed E-state index contributed by atoms with van der Waals surface area (Å²) in [5, 5.41) is 8.47. The van der Waals surface area contributed by atoms with E-state index >= 15 is 0 Å². The van der Waals surface area contributed by atoms with E-state index in [1.54, 1.807) is 0 Å². The number of alkyl halides is 3. The number of rotatable bonds is 7. The maximum atomic E-state index is 12.0. The van der Waals surface area contributed by atoms with Gasteiger partial charge in [0.2, 0.25) is 10.0 Å². The molecule has 0 aromatic carbocycles. The van der Waals surface area contributed by atoms with E-state index in [2.05, 4.69) is 0 Å². The van der Waals surface area contributed by atoms with Crippen LogP contribution >= 0.6 is 0 Å². The van der Waals surface area contributed by atoms with Gasteiger partial charge in [-0.25, -0.2) is 17.5 Å². The summed E-state index contributed by atoms with van der Waals surface area (Å²) in [6.45, 7) is -0.166. The van der Waals surface area contributed by atoms with Crippen LogP contribution in [-0.4, -0.2) is 61.5 Å². The second kappa shape index (κ2) is 7.41. The Morgan fingerprint density at radius 1 is 1.29 bits per heavy atom. The minimum Gasteiger partial charge on any atom is -0.480 e. The Hall–Kier alpha value is -0.870. The van der Waals surface area contributed by atoms with Crippen molar-refractivity contribution in [3.8, 4) is 0 Å². The Balaban J connectivity index is 2.36. The van der Waals surface area contributed by atoms with E-state index in [0.29, 0.717) is 12.8 Å². The van der Waals surface area contributed by atoms with Crippen LogP contribution in [-0.2, 0) is 19.6 Å². The van der Waals surface area contributed by atoms with Crippen molar-refractivity contribution in [3.63, 3.8) is 0 Å². The molecule has 0 saturated carbocycles. The quantitative estimate of drug-likeness (QED) is 0.757. The highest BCUT2D eigenvalue weighted by atomic mass is 32.2. The van der Waals surface area contributed by atoms with Gasteiger partial charge in [-0.1, -0.05) is 0 Å². The van der Waals surface area contributed by atoms with Crippen molar-refractivity contribution in [1.82, 2.24) is 4.31 Å². The first-order valence-corrected chi connectivity index (χ1v) is 8.09. The minimum atomic E-state index is -4.35. The summed E-state index contributed by atoms with van der Waals surface area (Å²) in [6.07, 6.45) is -5.58. The summed E-state index contributed by atoms with van der Waals surface area (Å²) in [4.78, 5) is 10.3. The van der Waals surface area contributed by atoms with Gasteiger partial charge in [-0.2, -0.15) is 13.2 Å². The molecule has 124 valence electrons. The number of carboxylic acids is 1. The van der Waals surface area contributed by atoms with Crippen LogP contribution in [0.15, 0.2) is 0 Å². The average Bonchev–Trinajstić information content (AvgIpc) is 2.35. The van der Waals surface area contributed by atoms with Gasteiger partial charge in [0.15, 0.2) is 0 Å². The van der Waals surface area contributed by atoms with Crippen LogP contribution < -0.4 is 0 Å². The van der Waals surface area contributed by atoms with Gasteiger partial charge >= 0.3 is 12.1 Å². The predicted octanol–water partition coefficient (Wildman–Crippen LogP) is 1.22. The Kier molecular flexibility index (Phi) is 6.41. The maximum absolute atomic E-state index is 12.0. The zero-order valence-electron chi connectivity index (χ0n) is 11.3. The van der Waals surface area contributed by atoms with E-state index in [-0.39, 0.29) is 19.2 Å². The first-order valence-electron chi connectivity index (χ1n) is 6.48. The monoisotopic (exact) mass is 333 g/mol. The molecule has 0 aliphatic carbocycles. The number of hydrogen-bond donors (Lipinski definition) is 1. The second-order valence-electron chi connectivity index (χ2n) is 4.84. The fourth-order valence-electron chi connectivity index (χ4n) is 2.05. The number of carboxylic acid groups (broad SMARTS) is 1. The van der Waals surface area contributed by atoms with Crippen molar-refractivity contribution < 1.29 is 36.2 Å². The molecule has 1 heterocycles. The van der Waals surface area contributed by atoms with Crippen LogP contribution in [0.5, 0.6) is 0 Å². The van der Waals surface area contributed by atoms with Crippen molar-refractivity contribution in [2.75, 3.05) is 25.4 Å². The summed E-state index contributed by atoms with van der Waals surface area (Å²) >= 11 is 0. The number of hydrogen-bond acceptors (Lipinski definition) is 4. The Morgan fingerprint density at radius 2 is 1.86 bits per heavy atom.